The average Bonchev–Trinajstić information content (AvgIpc) is 3.09. The van der Waals surface area contributed by atoms with E-state index in [0.717, 1.165) is 23.2 Å². The number of nitrogens with zero attached hydrogens (tertiary/aromatic N) is 3. The van der Waals surface area contributed by atoms with E-state index in [9.17, 15) is 4.79 Å². The quantitative estimate of drug-likeness (QED) is 0.518. The van der Waals surface area contributed by atoms with Gasteiger partial charge in [0.05, 0.1) is 10.7 Å². The van der Waals surface area contributed by atoms with E-state index in [4.69, 9.17) is 20.9 Å². The van der Waals surface area contributed by atoms with Crippen LogP contribution in [0.1, 0.15) is 30.2 Å². The molecule has 3 heterocycles. The van der Waals surface area contributed by atoms with Crippen LogP contribution in [-0.2, 0) is 0 Å². The number of carbonyl (C=O) groups is 1. The van der Waals surface area contributed by atoms with Crippen molar-refractivity contribution in [3.8, 4) is 11.6 Å². The van der Waals surface area contributed by atoms with Crippen LogP contribution in [0.5, 0.6) is 11.6 Å². The molecule has 1 aliphatic rings. The first kappa shape index (κ1) is 21.9. The van der Waals surface area contributed by atoms with Crippen LogP contribution in [0.2, 0.25) is 5.02 Å². The lowest BCUT2D eigenvalue weighted by Crippen LogP contribution is -2.42. The number of benzene rings is 1. The van der Waals surface area contributed by atoms with Gasteiger partial charge in [-0.05, 0) is 49.9 Å². The number of hydrogen-bond donors (Lipinski definition) is 1. The minimum Gasteiger partial charge on any atom is -0.439 e. The molecule has 1 aliphatic heterocycles. The molecule has 0 bridgehead atoms. The van der Waals surface area contributed by atoms with Gasteiger partial charge >= 0.3 is 6.03 Å². The number of carbonyl (C=O) groups excluding carboxylic acids is 1. The molecule has 0 radical (unpaired) electrons. The standard InChI is InChI=1S/C24H25ClN4O3/c1-15-14-29(24(30)27-23-16(2)17(3)28-32-23)10-9-19(15)11-18-5-4-6-21(12-18)31-22-8-7-20(25)13-26-22/h4-8,11-13,15H,9-10,14H2,1-3H3,(H,27,30). The molecular formula is C24H25ClN4O3. The zero-order valence-electron chi connectivity index (χ0n) is 18.3. The van der Waals surface area contributed by atoms with Gasteiger partial charge in [-0.1, -0.05) is 47.5 Å². The van der Waals surface area contributed by atoms with Crippen molar-refractivity contribution in [3.05, 3.63) is 70.0 Å². The van der Waals surface area contributed by atoms with E-state index in [1.165, 1.54) is 5.57 Å². The SMILES string of the molecule is Cc1noc(NC(=O)N2CCC(=Cc3cccc(Oc4ccc(Cl)cn4)c3)C(C)C2)c1C. The summed E-state index contributed by atoms with van der Waals surface area (Å²) in [5.74, 6) is 1.84. The maximum Gasteiger partial charge on any atom is 0.324 e. The first-order valence-corrected chi connectivity index (χ1v) is 10.9. The number of pyridine rings is 1. The van der Waals surface area contributed by atoms with Crippen molar-refractivity contribution in [2.45, 2.75) is 27.2 Å². The first-order chi connectivity index (χ1) is 15.4. The van der Waals surface area contributed by atoms with Crippen molar-refractivity contribution in [1.29, 1.82) is 0 Å². The highest BCUT2D eigenvalue weighted by molar-refractivity contribution is 6.30. The third-order valence-electron chi connectivity index (χ3n) is 5.60. The second-order valence-corrected chi connectivity index (χ2v) is 8.39. The van der Waals surface area contributed by atoms with Crippen molar-refractivity contribution in [2.75, 3.05) is 18.4 Å². The van der Waals surface area contributed by atoms with Crippen LogP contribution in [0.4, 0.5) is 10.7 Å². The Bertz CT molecular complexity index is 1140. The Morgan fingerprint density at radius 1 is 1.31 bits per heavy atom. The minimum absolute atomic E-state index is 0.166. The van der Waals surface area contributed by atoms with Gasteiger partial charge in [-0.25, -0.2) is 9.78 Å². The van der Waals surface area contributed by atoms with Gasteiger partial charge in [0, 0.05) is 30.9 Å². The highest BCUT2D eigenvalue weighted by Gasteiger charge is 2.25. The molecule has 1 saturated heterocycles. The van der Waals surface area contributed by atoms with Crippen LogP contribution in [0.25, 0.3) is 6.08 Å². The fourth-order valence-corrected chi connectivity index (χ4v) is 3.69. The molecule has 1 N–H and O–H groups in total. The number of rotatable bonds is 4. The Labute approximate surface area is 192 Å². The van der Waals surface area contributed by atoms with E-state index in [2.05, 4.69) is 28.5 Å². The van der Waals surface area contributed by atoms with Crippen LogP contribution in [0.3, 0.4) is 0 Å². The Hall–Kier alpha value is -3.32. The number of anilines is 1. The summed E-state index contributed by atoms with van der Waals surface area (Å²) in [4.78, 5) is 18.6. The Kier molecular flexibility index (Phi) is 6.46. The van der Waals surface area contributed by atoms with Gasteiger partial charge < -0.3 is 14.2 Å². The number of nitrogens with one attached hydrogen (secondary N) is 1. The smallest absolute Gasteiger partial charge is 0.324 e. The summed E-state index contributed by atoms with van der Waals surface area (Å²) in [6.45, 7) is 7.13. The second kappa shape index (κ2) is 9.44. The number of amides is 2. The molecule has 7 nitrogen and oxygen atoms in total. The summed E-state index contributed by atoms with van der Waals surface area (Å²) in [5.41, 5.74) is 3.96. The number of hydrogen-bond acceptors (Lipinski definition) is 5. The lowest BCUT2D eigenvalue weighted by molar-refractivity contribution is 0.197. The van der Waals surface area contributed by atoms with E-state index in [1.54, 1.807) is 18.3 Å². The molecule has 4 rings (SSSR count). The molecule has 0 spiro atoms. The molecule has 1 atom stereocenters. The number of piperidine rings is 1. The van der Waals surface area contributed by atoms with E-state index in [1.807, 2.05) is 43.0 Å². The van der Waals surface area contributed by atoms with Crippen LogP contribution in [0, 0.1) is 19.8 Å². The molecular weight excluding hydrogens is 428 g/mol. The summed E-state index contributed by atoms with van der Waals surface area (Å²) in [7, 11) is 0. The van der Waals surface area contributed by atoms with Gasteiger partial charge in [0.2, 0.25) is 11.8 Å². The third kappa shape index (κ3) is 5.11. The Morgan fingerprint density at radius 2 is 2.16 bits per heavy atom. The van der Waals surface area contributed by atoms with E-state index in [0.29, 0.717) is 35.6 Å². The predicted octanol–water partition coefficient (Wildman–Crippen LogP) is 6.09. The lowest BCUT2D eigenvalue weighted by atomic mass is 9.91. The second-order valence-electron chi connectivity index (χ2n) is 7.96. The van der Waals surface area contributed by atoms with Gasteiger partial charge in [-0.3, -0.25) is 5.32 Å². The lowest BCUT2D eigenvalue weighted by Gasteiger charge is -2.33. The molecule has 0 aliphatic carbocycles. The van der Waals surface area contributed by atoms with Crippen LogP contribution in [0.15, 0.2) is 52.7 Å². The minimum atomic E-state index is -0.166. The molecule has 1 unspecified atom stereocenters. The van der Waals surface area contributed by atoms with Gasteiger partial charge in [-0.2, -0.15) is 0 Å². The van der Waals surface area contributed by atoms with E-state index >= 15 is 0 Å². The van der Waals surface area contributed by atoms with Crippen molar-refractivity contribution in [2.24, 2.45) is 5.92 Å². The number of halogens is 1. The van der Waals surface area contributed by atoms with E-state index in [-0.39, 0.29) is 11.9 Å². The fraction of sp³-hybridized carbons (Fsp3) is 0.292. The largest absolute Gasteiger partial charge is 0.439 e. The highest BCUT2D eigenvalue weighted by atomic mass is 35.5. The van der Waals surface area contributed by atoms with Gasteiger partial charge in [0.1, 0.15) is 5.75 Å². The van der Waals surface area contributed by atoms with Crippen molar-refractivity contribution in [3.63, 3.8) is 0 Å². The average molecular weight is 453 g/mol. The Morgan fingerprint density at radius 3 is 2.84 bits per heavy atom. The van der Waals surface area contributed by atoms with E-state index < -0.39 is 0 Å². The number of aromatic nitrogens is 2. The molecule has 1 fully saturated rings. The molecule has 0 saturated carbocycles. The third-order valence-corrected chi connectivity index (χ3v) is 5.82. The van der Waals surface area contributed by atoms with Gasteiger partial charge in [0.25, 0.3) is 0 Å². The zero-order chi connectivity index (χ0) is 22.7. The van der Waals surface area contributed by atoms with Crippen LogP contribution in [-0.4, -0.2) is 34.2 Å². The van der Waals surface area contributed by atoms with Crippen molar-refractivity contribution in [1.82, 2.24) is 15.0 Å². The highest BCUT2D eigenvalue weighted by Crippen LogP contribution is 2.28. The Balaban J connectivity index is 1.40. The number of ether oxygens (including phenoxy) is 1. The monoisotopic (exact) mass is 452 g/mol. The molecule has 3 aromatic rings. The first-order valence-electron chi connectivity index (χ1n) is 10.5. The maximum absolute atomic E-state index is 12.7. The molecule has 166 valence electrons. The van der Waals surface area contributed by atoms with Crippen LogP contribution < -0.4 is 10.1 Å². The fourth-order valence-electron chi connectivity index (χ4n) is 3.58. The number of urea groups is 1. The summed E-state index contributed by atoms with van der Waals surface area (Å²) in [6.07, 6.45) is 4.53. The summed E-state index contributed by atoms with van der Waals surface area (Å²) < 4.78 is 11.0. The topological polar surface area (TPSA) is 80.5 Å². The van der Waals surface area contributed by atoms with Crippen LogP contribution >= 0.6 is 11.6 Å². The normalized spacial score (nSPS) is 17.4. The predicted molar refractivity (Wildman–Crippen MR) is 124 cm³/mol. The zero-order valence-corrected chi connectivity index (χ0v) is 19.0. The molecule has 2 aromatic heterocycles. The summed E-state index contributed by atoms with van der Waals surface area (Å²) in [6, 6.07) is 11.2. The number of likely N-dealkylation sites (tertiary alicyclic amines) is 1. The summed E-state index contributed by atoms with van der Waals surface area (Å²) >= 11 is 5.88. The van der Waals surface area contributed by atoms with Crippen molar-refractivity contribution < 1.29 is 14.1 Å². The molecule has 2 amide bonds. The number of aryl methyl sites for hydroxylation is 1. The maximum atomic E-state index is 12.7. The van der Waals surface area contributed by atoms with Gasteiger partial charge in [0.15, 0.2) is 0 Å². The molecule has 8 heteroatoms. The van der Waals surface area contributed by atoms with Gasteiger partial charge in [-0.15, -0.1) is 0 Å². The van der Waals surface area contributed by atoms with Crippen molar-refractivity contribution >= 4 is 29.6 Å². The molecule has 32 heavy (non-hydrogen) atoms. The summed E-state index contributed by atoms with van der Waals surface area (Å²) in [5, 5.41) is 7.28. The molecule has 1 aromatic carbocycles.